The molecule has 0 aromatic heterocycles. The second-order valence-corrected chi connectivity index (χ2v) is 6.43. The topological polar surface area (TPSA) is 41.5 Å². The van der Waals surface area contributed by atoms with Crippen LogP contribution in [0.1, 0.15) is 34.6 Å². The summed E-state index contributed by atoms with van der Waals surface area (Å²) in [6.45, 7) is 15.0. The third kappa shape index (κ3) is 3.77. The van der Waals surface area contributed by atoms with Crippen LogP contribution < -0.4 is 19.6 Å². The summed E-state index contributed by atoms with van der Waals surface area (Å²) in [4.78, 5) is 7.13. The molecular formula is C22H30N3O2+. The lowest BCUT2D eigenvalue weighted by Gasteiger charge is -2.22. The van der Waals surface area contributed by atoms with Gasteiger partial charge in [-0.15, -0.1) is 0 Å². The zero-order chi connectivity index (χ0) is 19.4. The first-order valence-electron chi connectivity index (χ1n) is 9.99. The average Bonchev–Trinajstić information content (AvgIpc) is 2.69. The highest BCUT2D eigenvalue weighted by atomic mass is 16.5. The maximum Gasteiger partial charge on any atom is 0.203 e. The van der Waals surface area contributed by atoms with Gasteiger partial charge in [-0.25, -0.2) is 9.56 Å². The molecule has 1 heterocycles. The van der Waals surface area contributed by atoms with Crippen LogP contribution in [0.4, 0.5) is 5.69 Å². The Labute approximate surface area is 161 Å². The summed E-state index contributed by atoms with van der Waals surface area (Å²) in [5.41, 5.74) is 3.47. The Morgan fingerprint density at radius 1 is 1.00 bits per heavy atom. The number of ether oxygens (including phenoxy) is 1. The van der Waals surface area contributed by atoms with Crippen LogP contribution in [0.15, 0.2) is 34.7 Å². The maximum atomic E-state index is 6.30. The van der Waals surface area contributed by atoms with Crippen LogP contribution in [-0.2, 0) is 0 Å². The number of hydrogen-bond donors (Lipinski definition) is 0. The Kier molecular flexibility index (Phi) is 5.99. The van der Waals surface area contributed by atoms with Crippen LogP contribution >= 0.6 is 0 Å². The molecule has 1 aliphatic carbocycles. The normalized spacial score (nSPS) is 11.1. The van der Waals surface area contributed by atoms with E-state index in [1.54, 1.807) is 0 Å². The van der Waals surface area contributed by atoms with E-state index in [9.17, 15) is 0 Å². The fourth-order valence-corrected chi connectivity index (χ4v) is 3.49. The Balaban J connectivity index is 2.28. The van der Waals surface area contributed by atoms with Gasteiger partial charge in [-0.05, 0) is 40.7 Å². The van der Waals surface area contributed by atoms with Crippen molar-refractivity contribution in [1.29, 1.82) is 0 Å². The summed E-state index contributed by atoms with van der Waals surface area (Å²) in [7, 11) is 0. The van der Waals surface area contributed by atoms with E-state index in [0.29, 0.717) is 6.61 Å². The van der Waals surface area contributed by atoms with Crippen molar-refractivity contribution >= 4 is 16.8 Å². The van der Waals surface area contributed by atoms with Gasteiger partial charge in [0, 0.05) is 37.0 Å². The standard InChI is InChI=1S/C22H30N3O2/c1-6-24(7-2)16-11-12-18-19(13-16)27-21-15-17(25(8-3)9-4)14-20(26-10-5)22(21)23-18/h11-15H,6-10H2,1-5H3/q+1. The third-order valence-corrected chi connectivity index (χ3v) is 4.98. The van der Waals surface area contributed by atoms with E-state index in [1.165, 1.54) is 0 Å². The minimum atomic E-state index is 0.595. The van der Waals surface area contributed by atoms with E-state index >= 15 is 0 Å². The van der Waals surface area contributed by atoms with Gasteiger partial charge in [0.05, 0.1) is 12.7 Å². The summed E-state index contributed by atoms with van der Waals surface area (Å²) >= 11 is 0. The van der Waals surface area contributed by atoms with Crippen molar-refractivity contribution in [1.82, 2.24) is 9.56 Å². The van der Waals surface area contributed by atoms with E-state index < -0.39 is 0 Å². The Bertz CT molecular complexity index is 952. The molecule has 0 fully saturated rings. The fraction of sp³-hybridized carbons (Fsp3) is 0.455. The molecule has 2 aliphatic rings. The minimum Gasteiger partial charge on any atom is -0.491 e. The number of aromatic nitrogens is 1. The molecule has 5 heteroatoms. The van der Waals surface area contributed by atoms with Crippen LogP contribution in [0, 0.1) is 0 Å². The molecule has 5 nitrogen and oxygen atoms in total. The summed E-state index contributed by atoms with van der Waals surface area (Å²) in [5.74, 6) is 1.57. The highest BCUT2D eigenvalue weighted by Crippen LogP contribution is 2.34. The molecule has 27 heavy (non-hydrogen) atoms. The minimum absolute atomic E-state index is 0.595. The molecule has 144 valence electrons. The van der Waals surface area contributed by atoms with E-state index in [-0.39, 0.29) is 0 Å². The second-order valence-electron chi connectivity index (χ2n) is 6.43. The van der Waals surface area contributed by atoms with Crippen molar-refractivity contribution in [2.45, 2.75) is 34.6 Å². The summed E-state index contributed by atoms with van der Waals surface area (Å²) in [6, 6.07) is 10.4. The molecule has 0 saturated carbocycles. The molecule has 0 bridgehead atoms. The van der Waals surface area contributed by atoms with Crippen LogP contribution in [0.2, 0.25) is 0 Å². The van der Waals surface area contributed by atoms with Crippen molar-refractivity contribution in [2.24, 2.45) is 0 Å². The van der Waals surface area contributed by atoms with Gasteiger partial charge < -0.3 is 14.1 Å². The number of anilines is 1. The van der Waals surface area contributed by atoms with Crippen LogP contribution in [0.5, 0.6) is 5.75 Å². The molecule has 0 amide bonds. The highest BCUT2D eigenvalue weighted by molar-refractivity contribution is 5.86. The van der Waals surface area contributed by atoms with Gasteiger partial charge in [-0.3, -0.25) is 0 Å². The summed E-state index contributed by atoms with van der Waals surface area (Å²) in [6.07, 6.45) is 0. The zero-order valence-corrected chi connectivity index (χ0v) is 17.1. The molecular weight excluding hydrogens is 338 g/mol. The molecule has 1 aromatic rings. The maximum absolute atomic E-state index is 6.30. The van der Waals surface area contributed by atoms with E-state index in [2.05, 4.69) is 61.4 Å². The lowest BCUT2D eigenvalue weighted by atomic mass is 10.2. The van der Waals surface area contributed by atoms with Gasteiger partial charge in [0.25, 0.3) is 0 Å². The average molecular weight is 369 g/mol. The van der Waals surface area contributed by atoms with Gasteiger partial charge in [0.15, 0.2) is 17.1 Å². The second kappa shape index (κ2) is 8.42. The number of rotatable bonds is 7. The molecule has 0 atom stereocenters. The lowest BCUT2D eigenvalue weighted by molar-refractivity contribution is 0.343. The summed E-state index contributed by atoms with van der Waals surface area (Å²) in [5, 5.41) is 1.15. The molecule has 0 N–H and O–H groups in total. The fourth-order valence-electron chi connectivity index (χ4n) is 3.49. The van der Waals surface area contributed by atoms with Crippen LogP contribution in [-0.4, -0.2) is 37.8 Å². The van der Waals surface area contributed by atoms with E-state index in [1.807, 2.05) is 13.0 Å². The molecule has 0 radical (unpaired) electrons. The van der Waals surface area contributed by atoms with Crippen molar-refractivity contribution < 1.29 is 9.15 Å². The van der Waals surface area contributed by atoms with Crippen molar-refractivity contribution in [3.8, 4) is 17.2 Å². The molecule has 1 aromatic carbocycles. The van der Waals surface area contributed by atoms with Gasteiger partial charge in [-0.1, -0.05) is 0 Å². The van der Waals surface area contributed by atoms with Crippen LogP contribution in [0.25, 0.3) is 22.6 Å². The Hall–Kier alpha value is -2.56. The van der Waals surface area contributed by atoms with E-state index in [4.69, 9.17) is 14.1 Å². The number of fused-ring (bicyclic) bond motifs is 2. The smallest absolute Gasteiger partial charge is 0.203 e. The molecule has 0 spiro atoms. The zero-order valence-electron chi connectivity index (χ0n) is 17.1. The van der Waals surface area contributed by atoms with E-state index in [0.717, 1.165) is 65.5 Å². The van der Waals surface area contributed by atoms with Crippen molar-refractivity contribution in [2.75, 3.05) is 37.7 Å². The van der Waals surface area contributed by atoms with Gasteiger partial charge in [0.2, 0.25) is 5.36 Å². The highest BCUT2D eigenvalue weighted by Gasteiger charge is 2.17. The summed E-state index contributed by atoms with van der Waals surface area (Å²) < 4.78 is 14.5. The van der Waals surface area contributed by atoms with Crippen molar-refractivity contribution in [3.05, 3.63) is 35.7 Å². The van der Waals surface area contributed by atoms with Crippen LogP contribution in [0.3, 0.4) is 0 Å². The molecule has 0 saturated heterocycles. The lowest BCUT2D eigenvalue weighted by Crippen LogP contribution is -2.29. The first-order chi connectivity index (χ1) is 13.1. The van der Waals surface area contributed by atoms with Gasteiger partial charge in [0.1, 0.15) is 24.3 Å². The predicted octanol–water partition coefficient (Wildman–Crippen LogP) is 3.99. The third-order valence-electron chi connectivity index (χ3n) is 4.98. The van der Waals surface area contributed by atoms with Crippen molar-refractivity contribution in [3.63, 3.8) is 0 Å². The SMILES string of the molecule is CCOc1cc(N(CC)CC)cc2oc3cc(=[N+](CC)CC)ccc-3nc12. The Morgan fingerprint density at radius 3 is 2.37 bits per heavy atom. The molecule has 3 rings (SSSR count). The first-order valence-corrected chi connectivity index (χ1v) is 9.99. The molecule has 1 aliphatic heterocycles. The predicted molar refractivity (Wildman–Crippen MR) is 112 cm³/mol. The van der Waals surface area contributed by atoms with Gasteiger partial charge in [-0.2, -0.15) is 0 Å². The first kappa shape index (κ1) is 19.2. The number of benzene rings is 2. The quantitative estimate of drug-likeness (QED) is 0.467. The largest absolute Gasteiger partial charge is 0.491 e. The monoisotopic (exact) mass is 368 g/mol. The Morgan fingerprint density at radius 2 is 1.74 bits per heavy atom. The molecule has 0 unspecified atom stereocenters. The number of hydrogen-bond acceptors (Lipinski definition) is 4. The van der Waals surface area contributed by atoms with Gasteiger partial charge >= 0.3 is 0 Å². The number of nitrogens with zero attached hydrogens (tertiary/aromatic N) is 3.